The summed E-state index contributed by atoms with van der Waals surface area (Å²) >= 11 is -3.56. The average Bonchev–Trinajstić information content (AvgIpc) is 2.65. The molecule has 0 bridgehead atoms. The van der Waals surface area contributed by atoms with Crippen LogP contribution in [-0.4, -0.2) is 69.2 Å². The number of benzene rings is 1. The molecule has 0 saturated heterocycles. The van der Waals surface area contributed by atoms with Gasteiger partial charge in [0.2, 0.25) is 0 Å². The average molecular weight is 553 g/mol. The maximum atomic E-state index is 7.31. The summed E-state index contributed by atoms with van der Waals surface area (Å²) in [5.74, 6) is 0. The first-order valence-electron chi connectivity index (χ1n) is 13.5. The van der Waals surface area contributed by atoms with E-state index in [2.05, 4.69) is 117 Å². The van der Waals surface area contributed by atoms with E-state index in [9.17, 15) is 0 Å². The van der Waals surface area contributed by atoms with Gasteiger partial charge in [0.05, 0.1) is 0 Å². The fraction of sp³-hybridized carbons (Fsp3) is 0.786. The van der Waals surface area contributed by atoms with Gasteiger partial charge in [-0.3, -0.25) is 0 Å². The molecule has 34 heavy (non-hydrogen) atoms. The SMILES string of the molecule is CCN(CC)Cc1cccc(CN(CC)CC)[c]1[Ge]([CH2][Si](C)(C)C)([O]C(C)(C)C)[O]C(C)(C)C. The Labute approximate surface area is 216 Å². The van der Waals surface area contributed by atoms with E-state index in [0.717, 1.165) is 44.1 Å². The molecule has 1 rings (SSSR count). The van der Waals surface area contributed by atoms with E-state index in [0.29, 0.717) is 0 Å². The molecular formula is C28H56GeN2O2Si. The van der Waals surface area contributed by atoms with Crippen molar-refractivity contribution in [1.82, 2.24) is 9.80 Å². The van der Waals surface area contributed by atoms with Gasteiger partial charge in [-0.1, -0.05) is 0 Å². The summed E-state index contributed by atoms with van der Waals surface area (Å²) in [6.07, 6.45) is 0. The second-order valence-corrected chi connectivity index (χ2v) is 25.6. The van der Waals surface area contributed by atoms with Crippen LogP contribution < -0.4 is 4.40 Å². The molecule has 0 radical (unpaired) electrons. The summed E-state index contributed by atoms with van der Waals surface area (Å²) in [7, 11) is -1.53. The quantitative estimate of drug-likeness (QED) is 0.260. The van der Waals surface area contributed by atoms with Gasteiger partial charge in [0.25, 0.3) is 0 Å². The van der Waals surface area contributed by atoms with Crippen LogP contribution in [0.15, 0.2) is 18.2 Å². The molecule has 6 heteroatoms. The van der Waals surface area contributed by atoms with Crippen LogP contribution in [0.5, 0.6) is 0 Å². The van der Waals surface area contributed by atoms with E-state index in [1.807, 2.05) is 0 Å². The summed E-state index contributed by atoms with van der Waals surface area (Å²) in [6.45, 7) is 35.8. The van der Waals surface area contributed by atoms with Crippen LogP contribution in [-0.2, 0) is 20.6 Å². The summed E-state index contributed by atoms with van der Waals surface area (Å²) in [4.78, 5) is 6.15. The van der Waals surface area contributed by atoms with Gasteiger partial charge in [-0.25, -0.2) is 0 Å². The summed E-state index contributed by atoms with van der Waals surface area (Å²) in [5, 5.41) is 0. The first-order chi connectivity index (χ1) is 15.5. The van der Waals surface area contributed by atoms with Crippen molar-refractivity contribution >= 4 is 26.4 Å². The van der Waals surface area contributed by atoms with Crippen molar-refractivity contribution in [3.05, 3.63) is 29.3 Å². The van der Waals surface area contributed by atoms with Crippen molar-refractivity contribution in [2.24, 2.45) is 0 Å². The topological polar surface area (TPSA) is 24.9 Å². The van der Waals surface area contributed by atoms with E-state index >= 15 is 0 Å². The third kappa shape index (κ3) is 10.4. The predicted octanol–water partition coefficient (Wildman–Crippen LogP) is 6.53. The molecule has 1 aromatic carbocycles. The molecule has 0 aliphatic carbocycles. The standard InChI is InChI=1S/C28H56GeN2O2Si/c1-14-30(15-2)21-24-19-18-20-25(22-31(16-3)17-4)26(24)29(23-34(11,12)13,32-27(5,6)7)33-28(8,9)10/h18-20H,14-17,21-23H2,1-13H3. The van der Waals surface area contributed by atoms with Crippen LogP contribution in [0, 0.1) is 0 Å². The van der Waals surface area contributed by atoms with Crippen LogP contribution >= 0.6 is 0 Å². The van der Waals surface area contributed by atoms with Gasteiger partial charge in [-0.2, -0.15) is 0 Å². The molecule has 0 spiro atoms. The Morgan fingerprint density at radius 1 is 0.706 bits per heavy atom. The molecule has 0 fully saturated rings. The summed E-state index contributed by atoms with van der Waals surface area (Å²) in [6, 6.07) is 6.96. The molecule has 0 N–H and O–H groups in total. The zero-order chi connectivity index (χ0) is 26.4. The van der Waals surface area contributed by atoms with Crippen molar-refractivity contribution in [3.63, 3.8) is 0 Å². The Morgan fingerprint density at radius 2 is 1.06 bits per heavy atom. The van der Waals surface area contributed by atoms with Gasteiger partial charge >= 0.3 is 217 Å². The van der Waals surface area contributed by atoms with Crippen molar-refractivity contribution < 1.29 is 7.53 Å². The molecule has 0 unspecified atom stereocenters. The van der Waals surface area contributed by atoms with Crippen molar-refractivity contribution in [1.29, 1.82) is 0 Å². The molecule has 0 aliphatic rings. The van der Waals surface area contributed by atoms with Gasteiger partial charge in [0.1, 0.15) is 0 Å². The minimum absolute atomic E-state index is 0.264. The monoisotopic (exact) mass is 554 g/mol. The molecule has 0 heterocycles. The fourth-order valence-corrected chi connectivity index (χ4v) is 24.7. The third-order valence-corrected chi connectivity index (χ3v) is 23.9. The predicted molar refractivity (Wildman–Crippen MR) is 155 cm³/mol. The van der Waals surface area contributed by atoms with E-state index in [1.54, 1.807) is 0 Å². The van der Waals surface area contributed by atoms with Crippen LogP contribution in [0.2, 0.25) is 24.5 Å². The summed E-state index contributed by atoms with van der Waals surface area (Å²) < 4.78 is 16.1. The Hall–Kier alpha value is -0.180. The van der Waals surface area contributed by atoms with Gasteiger partial charge in [-0.15, -0.1) is 0 Å². The van der Waals surface area contributed by atoms with Crippen molar-refractivity contribution in [2.45, 2.75) is 118 Å². The molecule has 0 aromatic heterocycles. The molecule has 0 saturated carbocycles. The molecule has 0 amide bonds. The Kier molecular flexibility index (Phi) is 12.1. The zero-order valence-corrected chi connectivity index (χ0v) is 28.0. The van der Waals surface area contributed by atoms with Crippen LogP contribution in [0.25, 0.3) is 0 Å². The summed E-state index contributed by atoms with van der Waals surface area (Å²) in [5.41, 5.74) is 2.31. The van der Waals surface area contributed by atoms with E-state index in [4.69, 9.17) is 7.53 Å². The number of nitrogens with zero attached hydrogens (tertiary/aromatic N) is 2. The molecular weight excluding hydrogens is 497 g/mol. The van der Waals surface area contributed by atoms with Crippen molar-refractivity contribution in [3.8, 4) is 0 Å². The second kappa shape index (κ2) is 12.9. The zero-order valence-electron chi connectivity index (χ0n) is 24.9. The Balaban J connectivity index is 4.01. The van der Waals surface area contributed by atoms with Crippen LogP contribution in [0.4, 0.5) is 0 Å². The van der Waals surface area contributed by atoms with E-state index in [-0.39, 0.29) is 11.2 Å². The number of hydrogen-bond donors (Lipinski definition) is 0. The third-order valence-electron chi connectivity index (χ3n) is 5.90. The Morgan fingerprint density at radius 3 is 1.32 bits per heavy atom. The molecule has 198 valence electrons. The maximum absolute atomic E-state index is 7.31. The van der Waals surface area contributed by atoms with Gasteiger partial charge < -0.3 is 0 Å². The first kappa shape index (κ1) is 31.8. The minimum atomic E-state index is -3.56. The number of hydrogen-bond acceptors (Lipinski definition) is 4. The van der Waals surface area contributed by atoms with Crippen LogP contribution in [0.1, 0.15) is 80.4 Å². The Bertz CT molecular complexity index is 669. The second-order valence-electron chi connectivity index (χ2n) is 12.8. The van der Waals surface area contributed by atoms with Crippen molar-refractivity contribution in [2.75, 3.05) is 26.2 Å². The van der Waals surface area contributed by atoms with E-state index < -0.39 is 22.0 Å². The van der Waals surface area contributed by atoms with Crippen LogP contribution in [0.3, 0.4) is 0 Å². The molecule has 1 aromatic rings. The molecule has 0 aliphatic heterocycles. The number of rotatable bonds is 13. The van der Waals surface area contributed by atoms with Gasteiger partial charge in [0.15, 0.2) is 0 Å². The first-order valence-corrected chi connectivity index (χ1v) is 21.4. The van der Waals surface area contributed by atoms with Gasteiger partial charge in [0, 0.05) is 0 Å². The molecule has 0 atom stereocenters. The van der Waals surface area contributed by atoms with Gasteiger partial charge in [-0.05, 0) is 0 Å². The molecule has 4 nitrogen and oxygen atoms in total. The fourth-order valence-electron chi connectivity index (χ4n) is 4.75. The normalized spacial score (nSPS) is 13.9. The van der Waals surface area contributed by atoms with E-state index in [1.165, 1.54) is 15.5 Å².